The molecule has 0 bridgehead atoms. The minimum absolute atomic E-state index is 0.104. The summed E-state index contributed by atoms with van der Waals surface area (Å²) in [5.74, 6) is 12.0. The van der Waals surface area contributed by atoms with Crippen molar-refractivity contribution < 1.29 is 47.5 Å². The Hall–Kier alpha value is -7.79. The summed E-state index contributed by atoms with van der Waals surface area (Å²) in [4.78, 5) is 33.7. The first-order chi connectivity index (χ1) is 44.5. The van der Waals surface area contributed by atoms with Crippen LogP contribution in [0.5, 0.6) is 0 Å². The monoisotopic (exact) mass is 1230 g/mol. The largest absolute Gasteiger partial charge is 0.458 e. The van der Waals surface area contributed by atoms with Gasteiger partial charge in [-0.3, -0.25) is 9.59 Å². The number of β-lactam (4-membered cyclic amide) rings is 1. The number of hydrogen-bond donors (Lipinski definition) is 1. The Kier molecular flexibility index (Phi) is 24.9. The topological polar surface area (TPSA) is 144 Å². The normalized spacial score (nSPS) is 20.8. The quantitative estimate of drug-likeness (QED) is 0.0146. The molecule has 9 rings (SSSR count). The van der Waals surface area contributed by atoms with Crippen LogP contribution < -0.4 is 4.90 Å². The molecule has 1 N–H and O–H groups in total. The van der Waals surface area contributed by atoms with E-state index >= 15 is 0 Å². The van der Waals surface area contributed by atoms with Crippen molar-refractivity contribution in [2.24, 2.45) is 5.92 Å². The fraction of sp³-hybridized carbons (Fsp3) is 0.429. The van der Waals surface area contributed by atoms with E-state index in [0.29, 0.717) is 74.1 Å². The lowest BCUT2D eigenvalue weighted by Crippen LogP contribution is -2.73. The van der Waals surface area contributed by atoms with Crippen molar-refractivity contribution in [3.8, 4) is 23.7 Å². The fourth-order valence-corrected chi connectivity index (χ4v) is 12.3. The maximum Gasteiger partial charge on any atom is 0.303 e. The van der Waals surface area contributed by atoms with E-state index in [9.17, 15) is 19.1 Å². The molecule has 13 nitrogen and oxygen atoms in total. The molecular weight excluding hydrogens is 1140 g/mol. The van der Waals surface area contributed by atoms with Gasteiger partial charge in [0, 0.05) is 56.8 Å². The number of carbonyl (C=O) groups is 2. The van der Waals surface area contributed by atoms with Gasteiger partial charge in [0.25, 0.3) is 0 Å². The third-order valence-corrected chi connectivity index (χ3v) is 17.2. The summed E-state index contributed by atoms with van der Waals surface area (Å²) in [5, 5.41) is 18.5. The number of benzene rings is 6. The van der Waals surface area contributed by atoms with Gasteiger partial charge >= 0.3 is 5.97 Å². The van der Waals surface area contributed by atoms with Gasteiger partial charge < -0.3 is 38.4 Å². The highest BCUT2D eigenvalue weighted by Crippen LogP contribution is 2.47. The summed E-state index contributed by atoms with van der Waals surface area (Å²) in [6.45, 7) is 14.1. The summed E-state index contributed by atoms with van der Waals surface area (Å²) in [6.07, 6.45) is 6.39. The van der Waals surface area contributed by atoms with Crippen LogP contribution in [0.1, 0.15) is 176 Å². The van der Waals surface area contributed by atoms with Gasteiger partial charge in [0.2, 0.25) is 11.7 Å². The Labute approximate surface area is 538 Å². The van der Waals surface area contributed by atoms with E-state index in [1.165, 1.54) is 19.1 Å². The van der Waals surface area contributed by atoms with Gasteiger partial charge in [-0.1, -0.05) is 200 Å². The van der Waals surface area contributed by atoms with Crippen LogP contribution in [0, 0.1) is 35.4 Å². The lowest BCUT2D eigenvalue weighted by molar-refractivity contribution is -0.293. The molecule has 1 saturated heterocycles. The number of anilines is 1. The predicted molar refractivity (Wildman–Crippen MR) is 352 cm³/mol. The zero-order valence-corrected chi connectivity index (χ0v) is 53.7. The first-order valence-corrected chi connectivity index (χ1v) is 32.9. The molecule has 1 unspecified atom stereocenters. The highest BCUT2D eigenvalue weighted by Gasteiger charge is 2.62. The van der Waals surface area contributed by atoms with Crippen LogP contribution in [0.3, 0.4) is 0 Å². The van der Waals surface area contributed by atoms with Crippen LogP contribution in [0.2, 0.25) is 0 Å². The standard InChI is InChI=1S/C77H89FN4O9/c1-7-12-50-86-70-71(87-51-13-8-2)73(89-53-15-10-4)76(85,74(90-54-16-11-5)72(70)88-52-14-9-3)49-48-58-32-37-60(38-33-58)69-66(45-46-67(91-56(6)83)59-39-41-64(78)42-40-59)75(84)82(69)65-43-34-57(35-44-65)36-47-68-79-55-81(80-68)77(61-26-20-17-21-27-61,62-28-22-18-23-29-62)63-30-24-19-25-31-63/h17-35,37-44,55,66-67,69-74,85H,7-16,45-46,50-54H2,1-6H3/t66-,67+,69-,70-,71-,72+,73+,74-,76?/m1/s1. The van der Waals surface area contributed by atoms with Crippen molar-refractivity contribution in [1.82, 2.24) is 14.8 Å². The lowest BCUT2D eigenvalue weighted by Gasteiger charge is -2.52. The third-order valence-electron chi connectivity index (χ3n) is 17.2. The number of halogens is 1. The van der Waals surface area contributed by atoms with Crippen LogP contribution in [0.15, 0.2) is 170 Å². The van der Waals surface area contributed by atoms with E-state index in [-0.39, 0.29) is 5.91 Å². The molecule has 0 spiro atoms. The molecule has 1 aliphatic carbocycles. The zero-order chi connectivity index (χ0) is 64.0. The lowest BCUT2D eigenvalue weighted by atomic mass is 9.74. The number of aliphatic hydroxyl groups is 1. The van der Waals surface area contributed by atoms with Crippen molar-refractivity contribution in [3.05, 3.63) is 221 Å². The number of nitrogens with zero attached hydrogens (tertiary/aromatic N) is 4. The smallest absolute Gasteiger partial charge is 0.303 e. The van der Waals surface area contributed by atoms with Gasteiger partial charge in [-0.2, -0.15) is 0 Å². The number of unbranched alkanes of at least 4 members (excludes halogenated alkanes) is 5. The Morgan fingerprint density at radius 2 is 1.05 bits per heavy atom. The van der Waals surface area contributed by atoms with Crippen LogP contribution in [0.4, 0.5) is 10.1 Å². The summed E-state index contributed by atoms with van der Waals surface area (Å²) in [5.41, 5.74) is 3.77. The summed E-state index contributed by atoms with van der Waals surface area (Å²) < 4.78 is 55.7. The first-order valence-electron chi connectivity index (χ1n) is 32.9. The van der Waals surface area contributed by atoms with Gasteiger partial charge in [0.1, 0.15) is 54.3 Å². The Bertz CT molecular complexity index is 3360. The van der Waals surface area contributed by atoms with E-state index in [0.717, 1.165) is 86.5 Å². The van der Waals surface area contributed by atoms with Crippen molar-refractivity contribution >= 4 is 17.6 Å². The molecule has 2 fully saturated rings. The van der Waals surface area contributed by atoms with Crippen LogP contribution in [0.25, 0.3) is 0 Å². The number of rotatable bonds is 31. The van der Waals surface area contributed by atoms with Gasteiger partial charge in [-0.25, -0.2) is 14.1 Å². The van der Waals surface area contributed by atoms with E-state index < -0.39 is 71.5 Å². The molecule has 1 saturated carbocycles. The summed E-state index contributed by atoms with van der Waals surface area (Å²) in [6, 6.07) is 51.6. The molecule has 9 atom stereocenters. The Morgan fingerprint density at radius 3 is 1.54 bits per heavy atom. The van der Waals surface area contributed by atoms with Crippen LogP contribution in [-0.4, -0.2) is 101 Å². The molecule has 478 valence electrons. The number of ether oxygens (including phenoxy) is 6. The molecule has 0 radical (unpaired) electrons. The molecular formula is C77H89FN4O9. The minimum atomic E-state index is -1.89. The second-order valence-corrected chi connectivity index (χ2v) is 23.7. The van der Waals surface area contributed by atoms with E-state index in [1.807, 2.05) is 108 Å². The van der Waals surface area contributed by atoms with Gasteiger partial charge in [0.15, 0.2) is 5.60 Å². The first kappa shape index (κ1) is 67.6. The molecule has 2 heterocycles. The average Bonchev–Trinajstić information content (AvgIpc) is 1.34. The Balaban J connectivity index is 1.05. The SMILES string of the molecule is CCCCO[C@@H]1[C@@H](OCCCC)[C@H](OCCCC)C(O)(C#Cc2ccc([C@@H]3[C@@H](CC[C@H](OC(C)=O)c4ccc(F)cc4)C(=O)N3c3ccc(C#Cc4ncn(C(c5ccccc5)(c5ccccc5)c5ccccc5)n4)cc3)cc2)[C@H](OCCCC)[C@H]1OCCCC. The summed E-state index contributed by atoms with van der Waals surface area (Å²) >= 11 is 0. The van der Waals surface area contributed by atoms with Crippen LogP contribution >= 0.6 is 0 Å². The second-order valence-electron chi connectivity index (χ2n) is 23.7. The van der Waals surface area contributed by atoms with Crippen LogP contribution in [-0.2, 0) is 43.5 Å². The Morgan fingerprint density at radius 1 is 0.593 bits per heavy atom. The van der Waals surface area contributed by atoms with E-state index in [1.54, 1.807) is 23.4 Å². The molecule has 2 aliphatic rings. The van der Waals surface area contributed by atoms with Crippen molar-refractivity contribution in [2.45, 2.75) is 172 Å². The highest BCUT2D eigenvalue weighted by molar-refractivity contribution is 6.03. The molecule has 91 heavy (non-hydrogen) atoms. The van der Waals surface area contributed by atoms with Gasteiger partial charge in [-0.05, 0) is 127 Å². The van der Waals surface area contributed by atoms with E-state index in [4.69, 9.17) is 38.5 Å². The maximum atomic E-state index is 14.7. The van der Waals surface area contributed by atoms with Crippen molar-refractivity contribution in [1.29, 1.82) is 0 Å². The molecule has 1 aromatic heterocycles. The van der Waals surface area contributed by atoms with Gasteiger partial charge in [-0.15, -0.1) is 5.10 Å². The average molecular weight is 1230 g/mol. The number of esters is 1. The molecule has 6 aromatic carbocycles. The van der Waals surface area contributed by atoms with Crippen molar-refractivity contribution in [3.63, 3.8) is 0 Å². The second kappa shape index (κ2) is 33.5. The molecule has 1 aliphatic heterocycles. The molecule has 1 amide bonds. The third kappa shape index (κ3) is 16.3. The zero-order valence-electron chi connectivity index (χ0n) is 53.7. The fourth-order valence-electron chi connectivity index (χ4n) is 12.3. The highest BCUT2D eigenvalue weighted by atomic mass is 19.1. The number of aromatic nitrogens is 3. The number of hydrogen-bond acceptors (Lipinski definition) is 11. The summed E-state index contributed by atoms with van der Waals surface area (Å²) in [7, 11) is 0. The van der Waals surface area contributed by atoms with Crippen molar-refractivity contribution in [2.75, 3.05) is 37.9 Å². The number of carbonyl (C=O) groups excluding carboxylic acids is 2. The molecule has 14 heteroatoms. The van der Waals surface area contributed by atoms with E-state index in [2.05, 4.69) is 94.7 Å². The molecule has 7 aromatic rings. The number of amides is 1. The maximum absolute atomic E-state index is 14.7. The predicted octanol–water partition coefficient (Wildman–Crippen LogP) is 14.5. The minimum Gasteiger partial charge on any atom is -0.458 e. The van der Waals surface area contributed by atoms with Gasteiger partial charge in [0.05, 0.1) is 12.0 Å².